The number of rotatable bonds is 6. The summed E-state index contributed by atoms with van der Waals surface area (Å²) in [4.78, 5) is 2.11. The van der Waals surface area contributed by atoms with Crippen LogP contribution < -0.4 is 0 Å². The molecule has 2 nitrogen and oxygen atoms in total. The lowest BCUT2D eigenvalue weighted by Crippen LogP contribution is -2.27. The molecule has 0 bridgehead atoms. The zero-order valence-corrected chi connectivity index (χ0v) is 9.82. The summed E-state index contributed by atoms with van der Waals surface area (Å²) >= 11 is 0. The zero-order valence-electron chi connectivity index (χ0n) is 9.82. The number of benzene rings is 1. The summed E-state index contributed by atoms with van der Waals surface area (Å²) in [5.74, 6) is 0.192. The van der Waals surface area contributed by atoms with Crippen LogP contribution >= 0.6 is 0 Å². The van der Waals surface area contributed by atoms with E-state index in [1.165, 1.54) is 5.56 Å². The van der Waals surface area contributed by atoms with Crippen LogP contribution in [-0.2, 0) is 6.54 Å². The molecule has 0 spiro atoms. The van der Waals surface area contributed by atoms with Crippen molar-refractivity contribution in [3.8, 4) is 0 Å². The average Bonchev–Trinajstić information content (AvgIpc) is 2.16. The maximum atomic E-state index is 9.25. The van der Waals surface area contributed by atoms with Gasteiger partial charge in [-0.25, -0.2) is 0 Å². The predicted octanol–water partition coefficient (Wildman–Crippen LogP) is 3.14. The third-order valence-electron chi connectivity index (χ3n) is 2.15. The Morgan fingerprint density at radius 1 is 1.19 bits per heavy atom. The molecule has 0 aliphatic heterocycles. The smallest absolute Gasteiger partial charge is 0.0991 e. The van der Waals surface area contributed by atoms with Gasteiger partial charge in [-0.05, 0) is 12.5 Å². The largest absolute Gasteiger partial charge is 0.512 e. The fraction of sp³-hybridized carbons (Fsp3) is 0.286. The molecule has 1 N–H and O–H groups in total. The molecule has 1 aromatic carbocycles. The van der Waals surface area contributed by atoms with Crippen LogP contribution in [0.4, 0.5) is 0 Å². The lowest BCUT2D eigenvalue weighted by molar-refractivity contribution is 0.260. The van der Waals surface area contributed by atoms with E-state index in [1.54, 1.807) is 0 Å². The molecule has 0 atom stereocenters. The molecule has 0 aliphatic carbocycles. The lowest BCUT2D eigenvalue weighted by Gasteiger charge is -2.21. The average molecular weight is 217 g/mol. The maximum Gasteiger partial charge on any atom is 0.0991 e. The van der Waals surface area contributed by atoms with E-state index in [4.69, 9.17) is 0 Å². The van der Waals surface area contributed by atoms with Gasteiger partial charge in [0.25, 0.3) is 0 Å². The van der Waals surface area contributed by atoms with Gasteiger partial charge >= 0.3 is 0 Å². The van der Waals surface area contributed by atoms with Crippen molar-refractivity contribution in [3.05, 3.63) is 60.4 Å². The van der Waals surface area contributed by atoms with E-state index in [9.17, 15) is 5.11 Å². The summed E-state index contributed by atoms with van der Waals surface area (Å²) in [6, 6.07) is 10.2. The van der Waals surface area contributed by atoms with Crippen molar-refractivity contribution in [2.45, 2.75) is 13.5 Å². The number of aliphatic hydroxyl groups is 1. The molecule has 0 aromatic heterocycles. The van der Waals surface area contributed by atoms with Crippen molar-refractivity contribution >= 4 is 0 Å². The summed E-state index contributed by atoms with van der Waals surface area (Å²) in [5, 5.41) is 9.25. The van der Waals surface area contributed by atoms with Crippen LogP contribution in [0.15, 0.2) is 54.8 Å². The molecule has 0 aliphatic rings. The fourth-order valence-corrected chi connectivity index (χ4v) is 1.65. The Bertz CT molecular complexity index is 340. The number of nitrogens with zero attached hydrogens (tertiary/aromatic N) is 1. The predicted molar refractivity (Wildman–Crippen MR) is 68.3 cm³/mol. The first kappa shape index (κ1) is 12.5. The van der Waals surface area contributed by atoms with Gasteiger partial charge in [-0.2, -0.15) is 0 Å². The van der Waals surface area contributed by atoms with Crippen LogP contribution in [-0.4, -0.2) is 23.1 Å². The van der Waals surface area contributed by atoms with Crippen LogP contribution in [0.5, 0.6) is 0 Å². The Kier molecular flexibility index (Phi) is 4.80. The minimum absolute atomic E-state index is 0.192. The summed E-state index contributed by atoms with van der Waals surface area (Å²) in [6.45, 7) is 11.5. The molecule has 0 saturated heterocycles. The maximum absolute atomic E-state index is 9.25. The van der Waals surface area contributed by atoms with Crippen molar-refractivity contribution in [1.29, 1.82) is 0 Å². The van der Waals surface area contributed by atoms with Crippen molar-refractivity contribution in [1.82, 2.24) is 4.90 Å². The Morgan fingerprint density at radius 3 is 2.31 bits per heavy atom. The molecular formula is C14H19NO. The van der Waals surface area contributed by atoms with E-state index in [1.807, 2.05) is 25.1 Å². The Morgan fingerprint density at radius 2 is 1.81 bits per heavy atom. The topological polar surface area (TPSA) is 23.5 Å². The molecule has 1 rings (SSSR count). The number of aliphatic hydroxyl groups excluding tert-OH is 1. The summed E-state index contributed by atoms with van der Waals surface area (Å²) in [6.07, 6.45) is 0. The molecule has 2 heteroatoms. The minimum atomic E-state index is 0.192. The van der Waals surface area contributed by atoms with Crippen LogP contribution in [0.25, 0.3) is 0 Å². The van der Waals surface area contributed by atoms with Gasteiger partial charge in [0, 0.05) is 13.1 Å². The highest BCUT2D eigenvalue weighted by atomic mass is 16.3. The highest BCUT2D eigenvalue weighted by Crippen LogP contribution is 2.07. The second-order valence-electron chi connectivity index (χ2n) is 4.15. The Labute approximate surface area is 97.5 Å². The van der Waals surface area contributed by atoms with Gasteiger partial charge in [-0.15, -0.1) is 0 Å². The van der Waals surface area contributed by atoms with Gasteiger partial charge < -0.3 is 5.11 Å². The SMILES string of the molecule is C=C(C)CN(CC(=C)O)Cc1ccccc1. The molecule has 0 amide bonds. The third-order valence-corrected chi connectivity index (χ3v) is 2.15. The fourth-order valence-electron chi connectivity index (χ4n) is 1.65. The first-order chi connectivity index (χ1) is 7.58. The second-order valence-corrected chi connectivity index (χ2v) is 4.15. The van der Waals surface area contributed by atoms with E-state index < -0.39 is 0 Å². The molecular weight excluding hydrogens is 198 g/mol. The van der Waals surface area contributed by atoms with E-state index in [0.29, 0.717) is 6.54 Å². The normalized spacial score (nSPS) is 10.4. The van der Waals surface area contributed by atoms with Crippen LogP contribution in [0.2, 0.25) is 0 Å². The lowest BCUT2D eigenvalue weighted by atomic mass is 10.2. The van der Waals surface area contributed by atoms with E-state index in [-0.39, 0.29) is 5.76 Å². The third kappa shape index (κ3) is 4.80. The highest BCUT2D eigenvalue weighted by molar-refractivity contribution is 5.15. The van der Waals surface area contributed by atoms with Crippen LogP contribution in [0, 0.1) is 0 Å². The van der Waals surface area contributed by atoms with Crippen LogP contribution in [0.1, 0.15) is 12.5 Å². The van der Waals surface area contributed by atoms with Crippen molar-refractivity contribution in [3.63, 3.8) is 0 Å². The van der Waals surface area contributed by atoms with Gasteiger partial charge in [-0.1, -0.05) is 49.1 Å². The zero-order chi connectivity index (χ0) is 12.0. The second kappa shape index (κ2) is 6.13. The molecule has 0 heterocycles. The van der Waals surface area contributed by atoms with E-state index in [0.717, 1.165) is 18.7 Å². The van der Waals surface area contributed by atoms with Gasteiger partial charge in [0.2, 0.25) is 0 Å². The van der Waals surface area contributed by atoms with Gasteiger partial charge in [-0.3, -0.25) is 4.90 Å². The number of hydrogen-bond acceptors (Lipinski definition) is 2. The molecule has 0 radical (unpaired) electrons. The van der Waals surface area contributed by atoms with Crippen molar-refractivity contribution in [2.75, 3.05) is 13.1 Å². The highest BCUT2D eigenvalue weighted by Gasteiger charge is 2.07. The molecule has 16 heavy (non-hydrogen) atoms. The van der Waals surface area contributed by atoms with Gasteiger partial charge in [0.05, 0.1) is 12.3 Å². The standard InChI is InChI=1S/C14H19NO/c1-12(2)9-15(10-13(3)16)11-14-7-5-4-6-8-14/h4-8,16H,1,3,9-11H2,2H3. The molecule has 1 aromatic rings. The summed E-state index contributed by atoms with van der Waals surface area (Å²) < 4.78 is 0. The molecule has 0 unspecified atom stereocenters. The Balaban J connectivity index is 2.63. The van der Waals surface area contributed by atoms with Gasteiger partial charge in [0.1, 0.15) is 0 Å². The van der Waals surface area contributed by atoms with Crippen LogP contribution in [0.3, 0.4) is 0 Å². The van der Waals surface area contributed by atoms with Crippen molar-refractivity contribution < 1.29 is 5.11 Å². The quantitative estimate of drug-likeness (QED) is 0.584. The molecule has 0 saturated carbocycles. The molecule has 0 fully saturated rings. The first-order valence-electron chi connectivity index (χ1n) is 5.35. The Hall–Kier alpha value is -1.54. The van der Waals surface area contributed by atoms with Gasteiger partial charge in [0.15, 0.2) is 0 Å². The summed E-state index contributed by atoms with van der Waals surface area (Å²) in [5.41, 5.74) is 2.31. The molecule has 86 valence electrons. The first-order valence-corrected chi connectivity index (χ1v) is 5.35. The number of hydrogen-bond donors (Lipinski definition) is 1. The van der Waals surface area contributed by atoms with E-state index >= 15 is 0 Å². The monoisotopic (exact) mass is 217 g/mol. The van der Waals surface area contributed by atoms with Crippen molar-refractivity contribution in [2.24, 2.45) is 0 Å². The van der Waals surface area contributed by atoms with E-state index in [2.05, 4.69) is 30.2 Å². The summed E-state index contributed by atoms with van der Waals surface area (Å²) in [7, 11) is 0. The minimum Gasteiger partial charge on any atom is -0.512 e.